The van der Waals surface area contributed by atoms with Crippen LogP contribution in [0.3, 0.4) is 0 Å². The van der Waals surface area contributed by atoms with Gasteiger partial charge in [-0.05, 0) is 32.4 Å². The first-order chi connectivity index (χ1) is 9.70. The Morgan fingerprint density at radius 1 is 1.50 bits per heavy atom. The van der Waals surface area contributed by atoms with Gasteiger partial charge in [-0.1, -0.05) is 18.9 Å². The van der Waals surface area contributed by atoms with Gasteiger partial charge in [0.2, 0.25) is 0 Å². The number of pyridine rings is 1. The van der Waals surface area contributed by atoms with Crippen molar-refractivity contribution in [2.45, 2.75) is 51.6 Å². The molecule has 1 aromatic rings. The molecule has 0 saturated carbocycles. The molecule has 0 N–H and O–H groups in total. The van der Waals surface area contributed by atoms with Crippen LogP contribution in [-0.4, -0.2) is 28.3 Å². The number of hydrogen-bond acceptors (Lipinski definition) is 4. The lowest BCUT2D eigenvalue weighted by molar-refractivity contribution is -0.118. The highest BCUT2D eigenvalue weighted by molar-refractivity contribution is 5.76. The van der Waals surface area contributed by atoms with Gasteiger partial charge in [-0.15, -0.1) is 0 Å². The van der Waals surface area contributed by atoms with Crippen LogP contribution >= 0.6 is 0 Å². The van der Waals surface area contributed by atoms with Gasteiger partial charge < -0.3 is 0 Å². The first kappa shape index (κ1) is 14.7. The van der Waals surface area contributed by atoms with E-state index in [1.807, 2.05) is 12.1 Å². The van der Waals surface area contributed by atoms with Gasteiger partial charge in [-0.2, -0.15) is 5.26 Å². The smallest absolute Gasteiger partial charge is 0.144 e. The minimum Gasteiger partial charge on any atom is -0.300 e. The Morgan fingerprint density at radius 3 is 3.10 bits per heavy atom. The summed E-state index contributed by atoms with van der Waals surface area (Å²) >= 11 is 0. The zero-order valence-electron chi connectivity index (χ0n) is 12.0. The van der Waals surface area contributed by atoms with E-state index >= 15 is 0 Å². The number of nitrogens with zero attached hydrogens (tertiary/aromatic N) is 3. The summed E-state index contributed by atoms with van der Waals surface area (Å²) in [5.74, 6) is 0.244. The molecule has 1 fully saturated rings. The Hall–Kier alpha value is -1.73. The molecule has 1 aliphatic heterocycles. The average Bonchev–Trinajstić information content (AvgIpc) is 2.65. The number of likely N-dealkylation sites (tertiary alicyclic amines) is 1. The Morgan fingerprint density at radius 2 is 2.35 bits per heavy atom. The maximum Gasteiger partial charge on any atom is 0.144 e. The maximum absolute atomic E-state index is 11.5. The highest BCUT2D eigenvalue weighted by Gasteiger charge is 2.23. The molecular weight excluding hydrogens is 250 g/mol. The summed E-state index contributed by atoms with van der Waals surface area (Å²) in [6.07, 6.45) is 6.91. The van der Waals surface area contributed by atoms with E-state index in [0.717, 1.165) is 24.9 Å². The SMILES string of the molecule is CC(=O)CC1CCCCCN1Cc1cccnc1C#N. The van der Waals surface area contributed by atoms with Crippen molar-refractivity contribution in [3.63, 3.8) is 0 Å². The number of rotatable bonds is 4. The zero-order chi connectivity index (χ0) is 14.4. The molecule has 1 aliphatic rings. The van der Waals surface area contributed by atoms with Crippen LogP contribution in [0.4, 0.5) is 0 Å². The fraction of sp³-hybridized carbons (Fsp3) is 0.562. The fourth-order valence-electron chi connectivity index (χ4n) is 2.89. The molecule has 1 saturated heterocycles. The van der Waals surface area contributed by atoms with Crippen molar-refractivity contribution < 1.29 is 4.79 Å². The average molecular weight is 271 g/mol. The van der Waals surface area contributed by atoms with Crippen molar-refractivity contribution in [2.24, 2.45) is 0 Å². The zero-order valence-corrected chi connectivity index (χ0v) is 12.0. The van der Waals surface area contributed by atoms with Gasteiger partial charge in [-0.3, -0.25) is 9.69 Å². The van der Waals surface area contributed by atoms with Crippen LogP contribution in [0, 0.1) is 11.3 Å². The van der Waals surface area contributed by atoms with Crippen molar-refractivity contribution in [3.05, 3.63) is 29.6 Å². The van der Waals surface area contributed by atoms with Gasteiger partial charge >= 0.3 is 0 Å². The first-order valence-corrected chi connectivity index (χ1v) is 7.28. The number of aromatic nitrogens is 1. The molecule has 1 aromatic heterocycles. The summed E-state index contributed by atoms with van der Waals surface area (Å²) in [5, 5.41) is 9.13. The molecule has 0 amide bonds. The highest BCUT2D eigenvalue weighted by atomic mass is 16.1. The molecule has 0 aromatic carbocycles. The summed E-state index contributed by atoms with van der Waals surface area (Å²) in [6.45, 7) is 3.38. The summed E-state index contributed by atoms with van der Waals surface area (Å²) in [4.78, 5) is 17.9. The number of carbonyl (C=O) groups is 1. The molecule has 1 atom stereocenters. The number of carbonyl (C=O) groups excluding carboxylic acids is 1. The van der Waals surface area contributed by atoms with E-state index in [1.54, 1.807) is 13.1 Å². The monoisotopic (exact) mass is 271 g/mol. The van der Waals surface area contributed by atoms with Crippen molar-refractivity contribution in [1.29, 1.82) is 5.26 Å². The lowest BCUT2D eigenvalue weighted by Crippen LogP contribution is -2.36. The first-order valence-electron chi connectivity index (χ1n) is 7.28. The third-order valence-electron chi connectivity index (χ3n) is 3.89. The molecule has 0 aliphatic carbocycles. The van der Waals surface area contributed by atoms with Crippen LogP contribution in [0.15, 0.2) is 18.3 Å². The van der Waals surface area contributed by atoms with Crippen molar-refractivity contribution >= 4 is 5.78 Å². The predicted molar refractivity (Wildman–Crippen MR) is 76.9 cm³/mol. The largest absolute Gasteiger partial charge is 0.300 e. The third-order valence-corrected chi connectivity index (χ3v) is 3.89. The summed E-state index contributed by atoms with van der Waals surface area (Å²) in [6, 6.07) is 6.29. The van der Waals surface area contributed by atoms with E-state index in [9.17, 15) is 4.79 Å². The Labute approximate surface area is 120 Å². The van der Waals surface area contributed by atoms with Crippen molar-refractivity contribution in [3.8, 4) is 6.07 Å². The van der Waals surface area contributed by atoms with E-state index in [1.165, 1.54) is 12.8 Å². The van der Waals surface area contributed by atoms with Gasteiger partial charge in [0.1, 0.15) is 17.5 Å². The Bertz CT molecular complexity index is 507. The van der Waals surface area contributed by atoms with Crippen LogP contribution in [0.25, 0.3) is 0 Å². The van der Waals surface area contributed by atoms with E-state index in [4.69, 9.17) is 5.26 Å². The van der Waals surface area contributed by atoms with Gasteiger partial charge in [0.25, 0.3) is 0 Å². The van der Waals surface area contributed by atoms with E-state index in [0.29, 0.717) is 24.7 Å². The molecule has 20 heavy (non-hydrogen) atoms. The molecule has 106 valence electrons. The van der Waals surface area contributed by atoms with Gasteiger partial charge in [0.05, 0.1) is 0 Å². The summed E-state index contributed by atoms with van der Waals surface area (Å²) in [5.41, 5.74) is 1.46. The predicted octanol–water partition coefficient (Wildman–Crippen LogP) is 2.68. The van der Waals surface area contributed by atoms with Crippen LogP contribution in [0.2, 0.25) is 0 Å². The topological polar surface area (TPSA) is 57.0 Å². The summed E-state index contributed by atoms with van der Waals surface area (Å²) < 4.78 is 0. The second-order valence-corrected chi connectivity index (χ2v) is 5.50. The molecule has 1 unspecified atom stereocenters. The Balaban J connectivity index is 2.14. The van der Waals surface area contributed by atoms with Gasteiger partial charge in [0, 0.05) is 30.8 Å². The fourth-order valence-corrected chi connectivity index (χ4v) is 2.89. The number of nitriles is 1. The van der Waals surface area contributed by atoms with Crippen LogP contribution in [0.1, 0.15) is 50.3 Å². The lowest BCUT2D eigenvalue weighted by Gasteiger charge is -2.29. The molecule has 4 nitrogen and oxygen atoms in total. The normalized spacial score (nSPS) is 20.1. The molecule has 2 heterocycles. The standard InChI is InChI=1S/C16H21N3O/c1-13(20)10-15-7-3-2-4-9-19(15)12-14-6-5-8-18-16(14)11-17/h5-6,8,15H,2-4,7,9-10,12H2,1H3. The van der Waals surface area contributed by atoms with E-state index in [-0.39, 0.29) is 5.78 Å². The van der Waals surface area contributed by atoms with E-state index in [2.05, 4.69) is 16.0 Å². The second-order valence-electron chi connectivity index (χ2n) is 5.50. The lowest BCUT2D eigenvalue weighted by atomic mass is 10.0. The van der Waals surface area contributed by atoms with Crippen molar-refractivity contribution in [2.75, 3.05) is 6.54 Å². The van der Waals surface area contributed by atoms with E-state index < -0.39 is 0 Å². The number of hydrogen-bond donors (Lipinski definition) is 0. The second kappa shape index (κ2) is 7.16. The molecule has 0 radical (unpaired) electrons. The van der Waals surface area contributed by atoms with Gasteiger partial charge in [0.15, 0.2) is 0 Å². The van der Waals surface area contributed by atoms with Crippen molar-refractivity contribution in [1.82, 2.24) is 9.88 Å². The van der Waals surface area contributed by atoms with Crippen LogP contribution < -0.4 is 0 Å². The quantitative estimate of drug-likeness (QED) is 0.844. The minimum atomic E-state index is 0.244. The minimum absolute atomic E-state index is 0.244. The molecule has 0 bridgehead atoms. The Kier molecular flexibility index (Phi) is 5.25. The molecule has 2 rings (SSSR count). The summed E-state index contributed by atoms with van der Waals surface area (Å²) in [7, 11) is 0. The number of ketones is 1. The molecule has 0 spiro atoms. The molecular formula is C16H21N3O. The van der Waals surface area contributed by atoms with Crippen LogP contribution in [-0.2, 0) is 11.3 Å². The third kappa shape index (κ3) is 3.88. The highest BCUT2D eigenvalue weighted by Crippen LogP contribution is 2.22. The number of Topliss-reactive ketones (excluding diaryl/α,β-unsaturated/α-hetero) is 1. The van der Waals surface area contributed by atoms with Gasteiger partial charge in [-0.25, -0.2) is 4.98 Å². The van der Waals surface area contributed by atoms with Crippen LogP contribution in [0.5, 0.6) is 0 Å². The molecule has 4 heteroatoms. The maximum atomic E-state index is 11.5.